The molecule has 1 aromatic carbocycles. The highest BCUT2D eigenvalue weighted by Crippen LogP contribution is 2.20. The van der Waals surface area contributed by atoms with Gasteiger partial charge in [0.25, 0.3) is 0 Å². The fourth-order valence-corrected chi connectivity index (χ4v) is 1.30. The van der Waals surface area contributed by atoms with Crippen LogP contribution in [0.5, 0.6) is 0 Å². The minimum Gasteiger partial charge on any atom is -0.398 e. The molecule has 1 rings (SSSR count). The van der Waals surface area contributed by atoms with Crippen molar-refractivity contribution in [1.82, 2.24) is 0 Å². The molecule has 0 aliphatic carbocycles. The number of nitrogen functional groups attached to an aromatic ring is 1. The van der Waals surface area contributed by atoms with Gasteiger partial charge in [-0.1, -0.05) is 18.2 Å². The molecule has 0 fully saturated rings. The van der Waals surface area contributed by atoms with E-state index in [1.165, 1.54) is 16.7 Å². The van der Waals surface area contributed by atoms with E-state index in [-0.39, 0.29) is 0 Å². The summed E-state index contributed by atoms with van der Waals surface area (Å²) in [6.45, 7) is 6.17. The number of anilines is 1. The molecule has 0 saturated heterocycles. The summed E-state index contributed by atoms with van der Waals surface area (Å²) in [4.78, 5) is 0. The Balaban J connectivity index is 3.32. The van der Waals surface area contributed by atoms with Crippen LogP contribution in [0.15, 0.2) is 18.2 Å². The first kappa shape index (κ1) is 8.85. The molecular formula is C11H15N. The Labute approximate surface area is 73.9 Å². The standard InChI is InChI=1S/C11H15N/c1-4-5-10-8(2)6-7-11(12)9(10)3/h4-7H,12H2,1-3H3/b5-4-. The fourth-order valence-electron chi connectivity index (χ4n) is 1.30. The Hall–Kier alpha value is -1.24. The molecule has 0 aliphatic heterocycles. The number of hydrogen-bond donors (Lipinski definition) is 1. The summed E-state index contributed by atoms with van der Waals surface area (Å²) < 4.78 is 0. The van der Waals surface area contributed by atoms with Crippen LogP contribution in [0, 0.1) is 13.8 Å². The summed E-state index contributed by atoms with van der Waals surface area (Å²) >= 11 is 0. The third-order valence-corrected chi connectivity index (χ3v) is 2.11. The summed E-state index contributed by atoms with van der Waals surface area (Å²) in [5.41, 5.74) is 10.4. The second kappa shape index (κ2) is 3.44. The number of rotatable bonds is 1. The van der Waals surface area contributed by atoms with E-state index >= 15 is 0 Å². The van der Waals surface area contributed by atoms with E-state index in [1.54, 1.807) is 0 Å². The molecule has 0 amide bonds. The highest BCUT2D eigenvalue weighted by Gasteiger charge is 2.00. The van der Waals surface area contributed by atoms with E-state index in [4.69, 9.17) is 5.73 Å². The Morgan fingerprint density at radius 1 is 1.25 bits per heavy atom. The number of benzene rings is 1. The molecule has 0 atom stereocenters. The first-order valence-corrected chi connectivity index (χ1v) is 4.15. The number of nitrogens with two attached hydrogens (primary N) is 1. The molecule has 0 aliphatic rings. The molecule has 12 heavy (non-hydrogen) atoms. The van der Waals surface area contributed by atoms with Crippen LogP contribution in [0.3, 0.4) is 0 Å². The second-order valence-electron chi connectivity index (χ2n) is 3.01. The molecule has 0 unspecified atom stereocenters. The van der Waals surface area contributed by atoms with Crippen molar-refractivity contribution in [3.8, 4) is 0 Å². The lowest BCUT2D eigenvalue weighted by atomic mass is 10.0. The molecule has 64 valence electrons. The van der Waals surface area contributed by atoms with Crippen molar-refractivity contribution in [2.24, 2.45) is 0 Å². The van der Waals surface area contributed by atoms with Gasteiger partial charge in [0.1, 0.15) is 0 Å². The summed E-state index contributed by atoms with van der Waals surface area (Å²) in [5.74, 6) is 0. The van der Waals surface area contributed by atoms with E-state index in [2.05, 4.69) is 26.0 Å². The molecule has 2 N–H and O–H groups in total. The summed E-state index contributed by atoms with van der Waals surface area (Å²) in [6, 6.07) is 4.01. The number of aryl methyl sites for hydroxylation is 1. The monoisotopic (exact) mass is 161 g/mol. The summed E-state index contributed by atoms with van der Waals surface area (Å²) in [6.07, 6.45) is 4.13. The highest BCUT2D eigenvalue weighted by molar-refractivity contribution is 5.65. The van der Waals surface area contributed by atoms with Gasteiger partial charge in [-0.25, -0.2) is 0 Å². The van der Waals surface area contributed by atoms with E-state index < -0.39 is 0 Å². The van der Waals surface area contributed by atoms with Gasteiger partial charge in [0, 0.05) is 5.69 Å². The minimum absolute atomic E-state index is 0.869. The van der Waals surface area contributed by atoms with E-state index in [0.29, 0.717) is 0 Å². The van der Waals surface area contributed by atoms with Gasteiger partial charge in [-0.3, -0.25) is 0 Å². The molecule has 0 aromatic heterocycles. The zero-order valence-electron chi connectivity index (χ0n) is 7.89. The SMILES string of the molecule is C/C=C\c1c(C)ccc(N)c1C. The zero-order chi connectivity index (χ0) is 9.14. The number of allylic oxidation sites excluding steroid dienone is 1. The van der Waals surface area contributed by atoms with E-state index in [1.807, 2.05) is 19.1 Å². The van der Waals surface area contributed by atoms with Gasteiger partial charge in [0.05, 0.1) is 0 Å². The zero-order valence-corrected chi connectivity index (χ0v) is 7.89. The van der Waals surface area contributed by atoms with Gasteiger partial charge >= 0.3 is 0 Å². The van der Waals surface area contributed by atoms with E-state index in [0.717, 1.165) is 5.69 Å². The third-order valence-electron chi connectivity index (χ3n) is 2.11. The van der Waals surface area contributed by atoms with Crippen molar-refractivity contribution in [2.75, 3.05) is 5.73 Å². The van der Waals surface area contributed by atoms with Crippen molar-refractivity contribution in [3.63, 3.8) is 0 Å². The predicted molar refractivity (Wildman–Crippen MR) is 55.0 cm³/mol. The molecule has 0 radical (unpaired) electrons. The van der Waals surface area contributed by atoms with Crippen molar-refractivity contribution < 1.29 is 0 Å². The van der Waals surface area contributed by atoms with Crippen LogP contribution in [0.4, 0.5) is 5.69 Å². The third kappa shape index (κ3) is 1.50. The first-order chi connectivity index (χ1) is 5.66. The van der Waals surface area contributed by atoms with Crippen molar-refractivity contribution >= 4 is 11.8 Å². The van der Waals surface area contributed by atoms with Crippen LogP contribution < -0.4 is 5.73 Å². The second-order valence-corrected chi connectivity index (χ2v) is 3.01. The molecule has 0 heterocycles. The van der Waals surface area contributed by atoms with E-state index in [9.17, 15) is 0 Å². The molecule has 0 spiro atoms. The Kier molecular flexibility index (Phi) is 2.54. The van der Waals surface area contributed by atoms with Crippen LogP contribution in [-0.4, -0.2) is 0 Å². The maximum Gasteiger partial charge on any atom is 0.0349 e. The lowest BCUT2D eigenvalue weighted by Gasteiger charge is -2.07. The van der Waals surface area contributed by atoms with Crippen LogP contribution in [0.1, 0.15) is 23.6 Å². The van der Waals surface area contributed by atoms with Gasteiger partial charge in [-0.2, -0.15) is 0 Å². The Morgan fingerprint density at radius 3 is 2.50 bits per heavy atom. The molecule has 1 heteroatoms. The molecule has 1 nitrogen and oxygen atoms in total. The molecule has 0 saturated carbocycles. The smallest absolute Gasteiger partial charge is 0.0349 e. The first-order valence-electron chi connectivity index (χ1n) is 4.15. The lowest BCUT2D eigenvalue weighted by Crippen LogP contribution is -1.93. The topological polar surface area (TPSA) is 26.0 Å². The lowest BCUT2D eigenvalue weighted by molar-refractivity contribution is 1.36. The van der Waals surface area contributed by atoms with Crippen LogP contribution in [0.2, 0.25) is 0 Å². The van der Waals surface area contributed by atoms with Crippen LogP contribution in [-0.2, 0) is 0 Å². The van der Waals surface area contributed by atoms with Crippen molar-refractivity contribution in [2.45, 2.75) is 20.8 Å². The molecule has 0 bridgehead atoms. The Bertz CT molecular complexity index is 311. The van der Waals surface area contributed by atoms with Gasteiger partial charge < -0.3 is 5.73 Å². The van der Waals surface area contributed by atoms with Gasteiger partial charge in [-0.15, -0.1) is 0 Å². The average Bonchev–Trinajstić information content (AvgIpc) is 2.06. The van der Waals surface area contributed by atoms with Crippen molar-refractivity contribution in [1.29, 1.82) is 0 Å². The summed E-state index contributed by atoms with van der Waals surface area (Å²) in [5, 5.41) is 0. The van der Waals surface area contributed by atoms with Crippen LogP contribution in [0.25, 0.3) is 6.08 Å². The van der Waals surface area contributed by atoms with Gasteiger partial charge in [0.2, 0.25) is 0 Å². The van der Waals surface area contributed by atoms with Gasteiger partial charge in [-0.05, 0) is 43.5 Å². The average molecular weight is 161 g/mol. The summed E-state index contributed by atoms with van der Waals surface area (Å²) in [7, 11) is 0. The Morgan fingerprint density at radius 2 is 1.92 bits per heavy atom. The van der Waals surface area contributed by atoms with Crippen molar-refractivity contribution in [3.05, 3.63) is 34.9 Å². The minimum atomic E-state index is 0.869. The van der Waals surface area contributed by atoms with Crippen LogP contribution >= 0.6 is 0 Å². The molecular weight excluding hydrogens is 146 g/mol. The largest absolute Gasteiger partial charge is 0.398 e. The normalized spacial score (nSPS) is 10.9. The fraction of sp³-hybridized carbons (Fsp3) is 0.273. The van der Waals surface area contributed by atoms with Gasteiger partial charge in [0.15, 0.2) is 0 Å². The quantitative estimate of drug-likeness (QED) is 0.630. The maximum atomic E-state index is 5.79. The molecule has 1 aromatic rings. The predicted octanol–water partition coefficient (Wildman–Crippen LogP) is 2.92. The highest BCUT2D eigenvalue weighted by atomic mass is 14.6. The number of hydrogen-bond acceptors (Lipinski definition) is 1. The maximum absolute atomic E-state index is 5.79.